The molecule has 0 radical (unpaired) electrons. The molecule has 5 rings (SSSR count). The molecule has 0 heterocycles. The SMILES string of the molecule is Cc1cccc(C(c2ccccc2)C(c2ccccc2)(c2ccccc2)c2ccccc2)c1. The van der Waals surface area contributed by atoms with E-state index in [0.717, 1.165) is 0 Å². The zero-order valence-corrected chi connectivity index (χ0v) is 18.9. The van der Waals surface area contributed by atoms with Crippen molar-refractivity contribution in [1.82, 2.24) is 0 Å². The van der Waals surface area contributed by atoms with E-state index in [-0.39, 0.29) is 5.92 Å². The summed E-state index contributed by atoms with van der Waals surface area (Å²) in [5.41, 5.74) is 7.36. The monoisotopic (exact) mass is 424 g/mol. The van der Waals surface area contributed by atoms with Gasteiger partial charge in [0.15, 0.2) is 0 Å². The molecule has 1 unspecified atom stereocenters. The lowest BCUT2D eigenvalue weighted by Gasteiger charge is -2.43. The van der Waals surface area contributed by atoms with Gasteiger partial charge in [-0.1, -0.05) is 151 Å². The van der Waals surface area contributed by atoms with Gasteiger partial charge < -0.3 is 0 Å². The van der Waals surface area contributed by atoms with Gasteiger partial charge in [-0.2, -0.15) is 0 Å². The van der Waals surface area contributed by atoms with Crippen LogP contribution in [0.5, 0.6) is 0 Å². The lowest BCUT2D eigenvalue weighted by atomic mass is 9.58. The second-order valence-electron chi connectivity index (χ2n) is 8.66. The summed E-state index contributed by atoms with van der Waals surface area (Å²) in [4.78, 5) is 0. The summed E-state index contributed by atoms with van der Waals surface area (Å²) in [6.07, 6.45) is 0. The molecule has 0 bridgehead atoms. The quantitative estimate of drug-likeness (QED) is 0.241. The molecule has 0 aliphatic heterocycles. The Balaban J connectivity index is 1.95. The standard InChI is InChI=1S/C33H28/c1-26-15-14-18-28(25-26)32(27-16-6-2-7-17-27)33(29-19-8-3-9-20-29,30-21-10-4-11-22-30)31-23-12-5-13-24-31/h2-25,32H,1H3. The minimum absolute atomic E-state index is 0.0887. The highest BCUT2D eigenvalue weighted by Gasteiger charge is 2.45. The van der Waals surface area contributed by atoms with Crippen molar-refractivity contribution in [2.45, 2.75) is 18.3 Å². The molecule has 0 aliphatic carbocycles. The Morgan fingerprint density at radius 2 is 0.818 bits per heavy atom. The molecular weight excluding hydrogens is 396 g/mol. The third-order valence-electron chi connectivity index (χ3n) is 6.63. The number of hydrogen-bond donors (Lipinski definition) is 0. The van der Waals surface area contributed by atoms with Gasteiger partial charge in [-0.15, -0.1) is 0 Å². The summed E-state index contributed by atoms with van der Waals surface area (Å²) < 4.78 is 0. The van der Waals surface area contributed by atoms with Crippen molar-refractivity contribution in [1.29, 1.82) is 0 Å². The summed E-state index contributed by atoms with van der Waals surface area (Å²) >= 11 is 0. The van der Waals surface area contributed by atoms with Crippen LogP contribution in [0.1, 0.15) is 39.3 Å². The second kappa shape index (κ2) is 9.30. The molecule has 0 saturated carbocycles. The zero-order chi connectivity index (χ0) is 22.5. The number of rotatable bonds is 6. The Morgan fingerprint density at radius 1 is 0.424 bits per heavy atom. The molecule has 5 aromatic rings. The highest BCUT2D eigenvalue weighted by Crippen LogP contribution is 2.52. The van der Waals surface area contributed by atoms with Crippen LogP contribution in [0.3, 0.4) is 0 Å². The molecule has 1 atom stereocenters. The van der Waals surface area contributed by atoms with Crippen molar-refractivity contribution in [3.05, 3.63) is 179 Å². The van der Waals surface area contributed by atoms with Gasteiger partial charge in [-0.25, -0.2) is 0 Å². The topological polar surface area (TPSA) is 0 Å². The van der Waals surface area contributed by atoms with Crippen LogP contribution in [0.25, 0.3) is 0 Å². The average molecular weight is 425 g/mol. The predicted molar refractivity (Wildman–Crippen MR) is 139 cm³/mol. The first-order valence-corrected chi connectivity index (χ1v) is 11.6. The van der Waals surface area contributed by atoms with Crippen LogP contribution in [0.4, 0.5) is 0 Å². The Morgan fingerprint density at radius 3 is 1.24 bits per heavy atom. The van der Waals surface area contributed by atoms with Crippen molar-refractivity contribution >= 4 is 0 Å². The van der Waals surface area contributed by atoms with Crippen molar-refractivity contribution in [2.24, 2.45) is 0 Å². The zero-order valence-electron chi connectivity index (χ0n) is 18.9. The average Bonchev–Trinajstić information content (AvgIpc) is 2.89. The van der Waals surface area contributed by atoms with E-state index in [2.05, 4.69) is 153 Å². The lowest BCUT2D eigenvalue weighted by molar-refractivity contribution is 0.537. The second-order valence-corrected chi connectivity index (χ2v) is 8.66. The van der Waals surface area contributed by atoms with Gasteiger partial charge in [-0.05, 0) is 34.7 Å². The Bertz CT molecular complexity index is 1190. The van der Waals surface area contributed by atoms with E-state index in [1.165, 1.54) is 33.4 Å². The van der Waals surface area contributed by atoms with Gasteiger partial charge in [0.1, 0.15) is 0 Å². The van der Waals surface area contributed by atoms with E-state index < -0.39 is 5.41 Å². The molecule has 0 heteroatoms. The molecule has 0 spiro atoms. The number of hydrogen-bond acceptors (Lipinski definition) is 0. The maximum Gasteiger partial charge on any atom is 0.0560 e. The number of benzene rings is 5. The van der Waals surface area contributed by atoms with Crippen LogP contribution < -0.4 is 0 Å². The first-order valence-electron chi connectivity index (χ1n) is 11.6. The highest BCUT2D eigenvalue weighted by atomic mass is 14.5. The van der Waals surface area contributed by atoms with Crippen molar-refractivity contribution in [3.8, 4) is 0 Å². The predicted octanol–water partition coefficient (Wildman–Crippen LogP) is 8.16. The van der Waals surface area contributed by atoms with Gasteiger partial charge in [0.05, 0.1) is 5.41 Å². The molecule has 0 amide bonds. The van der Waals surface area contributed by atoms with Crippen LogP contribution >= 0.6 is 0 Å². The summed E-state index contributed by atoms with van der Waals surface area (Å²) in [7, 11) is 0. The van der Waals surface area contributed by atoms with E-state index >= 15 is 0 Å². The van der Waals surface area contributed by atoms with Crippen molar-refractivity contribution < 1.29 is 0 Å². The van der Waals surface area contributed by atoms with E-state index in [0.29, 0.717) is 0 Å². The van der Waals surface area contributed by atoms with Crippen LogP contribution in [-0.2, 0) is 5.41 Å². The lowest BCUT2D eigenvalue weighted by Crippen LogP contribution is -2.37. The Kier molecular flexibility index (Phi) is 5.91. The fourth-order valence-electron chi connectivity index (χ4n) is 5.29. The number of aryl methyl sites for hydroxylation is 1. The Labute approximate surface area is 197 Å². The highest BCUT2D eigenvalue weighted by molar-refractivity contribution is 5.58. The molecule has 160 valence electrons. The first-order chi connectivity index (χ1) is 16.3. The van der Waals surface area contributed by atoms with Crippen LogP contribution in [0, 0.1) is 6.92 Å². The fraction of sp³-hybridized carbons (Fsp3) is 0.0909. The largest absolute Gasteiger partial charge is 0.0622 e. The molecule has 0 aromatic heterocycles. The van der Waals surface area contributed by atoms with Gasteiger partial charge in [0.25, 0.3) is 0 Å². The third kappa shape index (κ3) is 3.90. The minimum atomic E-state index is -0.404. The Hall–Kier alpha value is -3.90. The summed E-state index contributed by atoms with van der Waals surface area (Å²) in [6.45, 7) is 2.18. The van der Waals surface area contributed by atoms with Crippen LogP contribution in [0.15, 0.2) is 146 Å². The normalized spacial score (nSPS) is 12.3. The summed E-state index contributed by atoms with van der Waals surface area (Å²) in [6, 6.07) is 53.0. The molecule has 0 nitrogen and oxygen atoms in total. The van der Waals surface area contributed by atoms with Gasteiger partial charge in [-0.3, -0.25) is 0 Å². The molecular formula is C33H28. The molecule has 0 N–H and O–H groups in total. The van der Waals surface area contributed by atoms with Gasteiger partial charge >= 0.3 is 0 Å². The van der Waals surface area contributed by atoms with E-state index in [1.807, 2.05) is 0 Å². The van der Waals surface area contributed by atoms with E-state index in [9.17, 15) is 0 Å². The minimum Gasteiger partial charge on any atom is -0.0622 e. The van der Waals surface area contributed by atoms with E-state index in [1.54, 1.807) is 0 Å². The van der Waals surface area contributed by atoms with Crippen molar-refractivity contribution in [3.63, 3.8) is 0 Å². The summed E-state index contributed by atoms with van der Waals surface area (Å²) in [5, 5.41) is 0. The molecule has 33 heavy (non-hydrogen) atoms. The molecule has 5 aromatic carbocycles. The van der Waals surface area contributed by atoms with Gasteiger partial charge in [0.2, 0.25) is 0 Å². The summed E-state index contributed by atoms with van der Waals surface area (Å²) in [5.74, 6) is 0.0887. The maximum atomic E-state index is 2.35. The van der Waals surface area contributed by atoms with Crippen LogP contribution in [-0.4, -0.2) is 0 Å². The van der Waals surface area contributed by atoms with E-state index in [4.69, 9.17) is 0 Å². The molecule has 0 fully saturated rings. The fourth-order valence-corrected chi connectivity index (χ4v) is 5.29. The molecule has 0 aliphatic rings. The third-order valence-corrected chi connectivity index (χ3v) is 6.63. The smallest absolute Gasteiger partial charge is 0.0560 e. The van der Waals surface area contributed by atoms with Crippen LogP contribution in [0.2, 0.25) is 0 Å². The van der Waals surface area contributed by atoms with Crippen molar-refractivity contribution in [2.75, 3.05) is 0 Å². The van der Waals surface area contributed by atoms with Gasteiger partial charge in [0, 0.05) is 5.92 Å². The maximum absolute atomic E-state index is 2.35. The molecule has 0 saturated heterocycles. The first kappa shape index (κ1) is 21.0.